The molecule has 1 saturated carbocycles. The van der Waals surface area contributed by atoms with Crippen molar-refractivity contribution in [3.63, 3.8) is 0 Å². The fraction of sp³-hybridized carbons (Fsp3) is 0.619. The van der Waals surface area contributed by atoms with Gasteiger partial charge in [0, 0.05) is 36.1 Å². The zero-order valence-corrected chi connectivity index (χ0v) is 18.4. The topological polar surface area (TPSA) is 85.7 Å². The van der Waals surface area contributed by atoms with Crippen molar-refractivity contribution in [1.29, 1.82) is 0 Å². The molecule has 8 heteroatoms. The Labute approximate surface area is 172 Å². The fourth-order valence-corrected chi connectivity index (χ4v) is 5.87. The molecule has 0 aromatic carbocycles. The number of sulfone groups is 1. The first-order valence-electron chi connectivity index (χ1n) is 10.2. The summed E-state index contributed by atoms with van der Waals surface area (Å²) in [5.74, 6) is -0.873. The molecular weight excluding hydrogens is 392 g/mol. The van der Waals surface area contributed by atoms with Crippen molar-refractivity contribution in [1.82, 2.24) is 9.47 Å². The third-order valence-corrected chi connectivity index (χ3v) is 7.50. The van der Waals surface area contributed by atoms with Crippen LogP contribution in [-0.4, -0.2) is 60.0 Å². The molecule has 3 rings (SSSR count). The lowest BCUT2D eigenvalue weighted by atomic mass is 10.2. The van der Waals surface area contributed by atoms with Gasteiger partial charge in [-0.2, -0.15) is 0 Å². The summed E-state index contributed by atoms with van der Waals surface area (Å²) in [6, 6.07) is 2.27. The molecule has 2 heterocycles. The summed E-state index contributed by atoms with van der Waals surface area (Å²) >= 11 is 0. The first-order chi connectivity index (χ1) is 13.6. The molecule has 2 fully saturated rings. The van der Waals surface area contributed by atoms with E-state index in [0.29, 0.717) is 19.0 Å². The molecule has 2 aliphatic rings. The van der Waals surface area contributed by atoms with Crippen LogP contribution in [0, 0.1) is 13.8 Å². The number of rotatable bonds is 7. The molecule has 1 aromatic rings. The van der Waals surface area contributed by atoms with Gasteiger partial charge in [-0.15, -0.1) is 0 Å². The molecule has 1 amide bonds. The average Bonchev–Trinajstić information content (AvgIpc) is 3.35. The van der Waals surface area contributed by atoms with Crippen LogP contribution in [0.4, 0.5) is 0 Å². The Morgan fingerprint density at radius 3 is 2.55 bits per heavy atom. The van der Waals surface area contributed by atoms with Crippen molar-refractivity contribution in [2.75, 3.05) is 18.1 Å². The van der Waals surface area contributed by atoms with E-state index in [1.807, 2.05) is 13.0 Å². The summed E-state index contributed by atoms with van der Waals surface area (Å²) in [4.78, 5) is 26.4. The summed E-state index contributed by atoms with van der Waals surface area (Å²) < 4.78 is 31.0. The smallest absolute Gasteiger partial charge is 0.331 e. The third-order valence-electron chi connectivity index (χ3n) is 5.75. The normalized spacial score (nSPS) is 22.0. The highest BCUT2D eigenvalue weighted by Gasteiger charge is 2.36. The van der Waals surface area contributed by atoms with Crippen LogP contribution in [0.3, 0.4) is 0 Å². The van der Waals surface area contributed by atoms with Crippen LogP contribution < -0.4 is 0 Å². The summed E-state index contributed by atoms with van der Waals surface area (Å²) in [6.07, 6.45) is 4.92. The predicted molar refractivity (Wildman–Crippen MR) is 111 cm³/mol. The highest BCUT2D eigenvalue weighted by molar-refractivity contribution is 7.91. The highest BCUT2D eigenvalue weighted by atomic mass is 32.2. The monoisotopic (exact) mass is 422 g/mol. The molecule has 2 atom stereocenters. The molecule has 1 saturated heterocycles. The van der Waals surface area contributed by atoms with E-state index in [0.717, 1.165) is 11.3 Å². The van der Waals surface area contributed by atoms with Crippen LogP contribution in [0.25, 0.3) is 6.08 Å². The van der Waals surface area contributed by atoms with Gasteiger partial charge in [0.25, 0.3) is 5.91 Å². The van der Waals surface area contributed by atoms with E-state index in [4.69, 9.17) is 4.74 Å². The minimum atomic E-state index is -3.09. The number of esters is 1. The SMILES string of the molecule is CCN(C(=O)[C@H](C)OC(=O)/C=C/c1cc(C)n(C2CC2)c1C)[C@H]1CCS(=O)(=O)C1. The summed E-state index contributed by atoms with van der Waals surface area (Å²) in [7, 11) is -3.09. The first kappa shape index (κ1) is 21.6. The number of ether oxygens (including phenoxy) is 1. The van der Waals surface area contributed by atoms with Crippen LogP contribution >= 0.6 is 0 Å². The van der Waals surface area contributed by atoms with Crippen molar-refractivity contribution in [2.45, 2.75) is 65.1 Å². The van der Waals surface area contributed by atoms with Crippen molar-refractivity contribution in [3.05, 3.63) is 29.1 Å². The zero-order valence-electron chi connectivity index (χ0n) is 17.6. The average molecular weight is 423 g/mol. The minimum Gasteiger partial charge on any atom is -0.449 e. The van der Waals surface area contributed by atoms with E-state index in [1.165, 1.54) is 36.4 Å². The van der Waals surface area contributed by atoms with Gasteiger partial charge in [0.05, 0.1) is 11.5 Å². The second-order valence-corrected chi connectivity index (χ2v) is 10.2. The van der Waals surface area contributed by atoms with E-state index in [2.05, 4.69) is 11.5 Å². The number of hydrogen-bond acceptors (Lipinski definition) is 5. The highest BCUT2D eigenvalue weighted by Crippen LogP contribution is 2.38. The van der Waals surface area contributed by atoms with Crippen LogP contribution in [-0.2, 0) is 24.2 Å². The van der Waals surface area contributed by atoms with Gasteiger partial charge < -0.3 is 14.2 Å². The van der Waals surface area contributed by atoms with Crippen molar-refractivity contribution in [3.8, 4) is 0 Å². The molecule has 7 nitrogen and oxygen atoms in total. The van der Waals surface area contributed by atoms with E-state index in [-0.39, 0.29) is 23.5 Å². The maximum atomic E-state index is 12.7. The fourth-order valence-electron chi connectivity index (χ4n) is 4.14. The number of aromatic nitrogens is 1. The largest absolute Gasteiger partial charge is 0.449 e. The van der Waals surface area contributed by atoms with Gasteiger partial charge in [0.15, 0.2) is 15.9 Å². The Hall–Kier alpha value is -2.09. The molecule has 0 N–H and O–H groups in total. The van der Waals surface area contributed by atoms with Gasteiger partial charge in [-0.1, -0.05) is 0 Å². The van der Waals surface area contributed by atoms with Crippen molar-refractivity contribution in [2.24, 2.45) is 0 Å². The lowest BCUT2D eigenvalue weighted by molar-refractivity contribution is -0.156. The van der Waals surface area contributed by atoms with Crippen LogP contribution in [0.15, 0.2) is 12.1 Å². The van der Waals surface area contributed by atoms with Gasteiger partial charge in [-0.05, 0) is 64.7 Å². The molecule has 0 unspecified atom stereocenters. The number of hydrogen-bond donors (Lipinski definition) is 0. The molecule has 160 valence electrons. The van der Waals surface area contributed by atoms with Gasteiger partial charge in [0.1, 0.15) is 0 Å². The van der Waals surface area contributed by atoms with E-state index in [1.54, 1.807) is 13.0 Å². The Balaban J connectivity index is 1.60. The third kappa shape index (κ3) is 4.91. The number of likely N-dealkylation sites (N-methyl/N-ethyl adjacent to an activating group) is 1. The number of aryl methyl sites for hydroxylation is 1. The Morgan fingerprint density at radius 2 is 2.00 bits per heavy atom. The van der Waals surface area contributed by atoms with Gasteiger partial charge in [-0.25, -0.2) is 13.2 Å². The van der Waals surface area contributed by atoms with E-state index < -0.39 is 21.9 Å². The summed E-state index contributed by atoms with van der Waals surface area (Å²) in [6.45, 7) is 7.80. The Kier molecular flexibility index (Phi) is 6.22. The maximum absolute atomic E-state index is 12.7. The number of carbonyl (C=O) groups is 2. The minimum absolute atomic E-state index is 0.0240. The number of carbonyl (C=O) groups excluding carboxylic acids is 2. The van der Waals surface area contributed by atoms with Gasteiger partial charge in [-0.3, -0.25) is 4.79 Å². The predicted octanol–water partition coefficient (Wildman–Crippen LogP) is 2.42. The van der Waals surface area contributed by atoms with Gasteiger partial charge in [0.2, 0.25) is 0 Å². The molecule has 0 bridgehead atoms. The molecule has 1 aliphatic carbocycles. The van der Waals surface area contributed by atoms with Crippen molar-refractivity contribution < 1.29 is 22.7 Å². The summed E-state index contributed by atoms with van der Waals surface area (Å²) in [5.41, 5.74) is 3.26. The number of amides is 1. The quantitative estimate of drug-likeness (QED) is 0.498. The maximum Gasteiger partial charge on any atom is 0.331 e. The number of nitrogens with zero attached hydrogens (tertiary/aromatic N) is 2. The Bertz CT molecular complexity index is 927. The lowest BCUT2D eigenvalue weighted by Crippen LogP contribution is -2.46. The molecule has 0 spiro atoms. The second kappa shape index (κ2) is 8.34. The zero-order chi connectivity index (χ0) is 21.3. The molecular formula is C21H30N2O5S. The van der Waals surface area contributed by atoms with Crippen LogP contribution in [0.5, 0.6) is 0 Å². The second-order valence-electron chi connectivity index (χ2n) is 8.02. The Morgan fingerprint density at radius 1 is 1.31 bits per heavy atom. The van der Waals surface area contributed by atoms with Crippen molar-refractivity contribution >= 4 is 27.8 Å². The molecule has 1 aliphatic heterocycles. The molecule has 1 aromatic heterocycles. The van der Waals surface area contributed by atoms with E-state index >= 15 is 0 Å². The first-order valence-corrected chi connectivity index (χ1v) is 12.0. The lowest BCUT2D eigenvalue weighted by Gasteiger charge is -2.29. The van der Waals surface area contributed by atoms with Gasteiger partial charge >= 0.3 is 5.97 Å². The van der Waals surface area contributed by atoms with Crippen LogP contribution in [0.2, 0.25) is 0 Å². The van der Waals surface area contributed by atoms with E-state index in [9.17, 15) is 18.0 Å². The standard InChI is InChI=1S/C21H30N2O5S/c1-5-22(19-10-11-29(26,27)13-19)21(25)16(4)28-20(24)9-6-17-12-14(2)23(15(17)3)18-7-8-18/h6,9,12,16,18-19H,5,7-8,10-11,13H2,1-4H3/b9-6+/t16-,19-/m0/s1. The molecule has 29 heavy (non-hydrogen) atoms. The summed E-state index contributed by atoms with van der Waals surface area (Å²) in [5, 5.41) is 0. The molecule has 0 radical (unpaired) electrons. The van der Waals surface area contributed by atoms with Crippen LogP contribution in [0.1, 0.15) is 56.1 Å².